The lowest BCUT2D eigenvalue weighted by molar-refractivity contribution is -0.122. The van der Waals surface area contributed by atoms with Crippen molar-refractivity contribution >= 4 is 40.3 Å². The third-order valence-corrected chi connectivity index (χ3v) is 4.48. The molecule has 1 aliphatic carbocycles. The predicted molar refractivity (Wildman–Crippen MR) is 81.0 cm³/mol. The van der Waals surface area contributed by atoms with Gasteiger partial charge in [-0.3, -0.25) is 9.69 Å². The molecule has 1 saturated carbocycles. The van der Waals surface area contributed by atoms with Crippen molar-refractivity contribution in [2.45, 2.75) is 18.9 Å². The van der Waals surface area contributed by atoms with Crippen molar-refractivity contribution in [3.63, 3.8) is 0 Å². The second-order valence-corrected chi connectivity index (χ2v) is 6.23. The summed E-state index contributed by atoms with van der Waals surface area (Å²) in [5, 5.41) is 0. The molecule has 2 aliphatic rings. The molecule has 98 valence electrons. The minimum absolute atomic E-state index is 0.0494. The topological polar surface area (TPSA) is 29.5 Å². The molecule has 1 aromatic rings. The minimum Gasteiger partial charge on any atom is -0.497 e. The molecule has 0 radical (unpaired) electrons. The number of thiocarbonyl (C=S) groups is 1. The fraction of sp³-hybridized carbons (Fsp3) is 0.286. The highest BCUT2D eigenvalue weighted by Crippen LogP contribution is 2.40. The van der Waals surface area contributed by atoms with Crippen LogP contribution in [0.1, 0.15) is 18.4 Å². The average Bonchev–Trinajstić information content (AvgIpc) is 3.19. The van der Waals surface area contributed by atoms with Gasteiger partial charge in [0.1, 0.15) is 10.1 Å². The number of benzene rings is 1. The highest BCUT2D eigenvalue weighted by Gasteiger charge is 2.41. The molecule has 2 fully saturated rings. The molecule has 1 saturated heterocycles. The first-order valence-corrected chi connectivity index (χ1v) is 7.32. The summed E-state index contributed by atoms with van der Waals surface area (Å²) in [7, 11) is 1.63. The van der Waals surface area contributed by atoms with Crippen molar-refractivity contribution in [1.29, 1.82) is 0 Å². The smallest absolute Gasteiger partial charge is 0.266 e. The third-order valence-electron chi connectivity index (χ3n) is 3.15. The van der Waals surface area contributed by atoms with Crippen LogP contribution < -0.4 is 4.74 Å². The SMILES string of the molecule is COc1ccc(C=C2SC(=S)N(C3CC3)C2=O)cc1. The summed E-state index contributed by atoms with van der Waals surface area (Å²) in [6.45, 7) is 0. The number of carbonyl (C=O) groups excluding carboxylic acids is 1. The Labute approximate surface area is 121 Å². The van der Waals surface area contributed by atoms with E-state index in [0.717, 1.165) is 24.2 Å². The van der Waals surface area contributed by atoms with E-state index in [1.165, 1.54) is 11.8 Å². The van der Waals surface area contributed by atoms with E-state index in [2.05, 4.69) is 0 Å². The number of methoxy groups -OCH3 is 1. The number of rotatable bonds is 3. The van der Waals surface area contributed by atoms with Gasteiger partial charge in [0.2, 0.25) is 0 Å². The number of carbonyl (C=O) groups is 1. The van der Waals surface area contributed by atoms with Gasteiger partial charge in [0.15, 0.2) is 0 Å². The van der Waals surface area contributed by atoms with Gasteiger partial charge in [0, 0.05) is 6.04 Å². The Kier molecular flexibility index (Phi) is 3.33. The van der Waals surface area contributed by atoms with Gasteiger partial charge < -0.3 is 4.74 Å². The van der Waals surface area contributed by atoms with Crippen LogP contribution in [-0.4, -0.2) is 28.3 Å². The first kappa shape index (κ1) is 12.7. The van der Waals surface area contributed by atoms with Crippen LogP contribution in [0.25, 0.3) is 6.08 Å². The molecule has 0 aromatic heterocycles. The van der Waals surface area contributed by atoms with Crippen molar-refractivity contribution in [1.82, 2.24) is 4.90 Å². The maximum atomic E-state index is 12.2. The zero-order chi connectivity index (χ0) is 13.4. The number of thioether (sulfide) groups is 1. The summed E-state index contributed by atoms with van der Waals surface area (Å²) in [6.07, 6.45) is 4.03. The van der Waals surface area contributed by atoms with E-state index in [9.17, 15) is 4.79 Å². The molecular weight excluding hydrogens is 278 g/mol. The Bertz CT molecular complexity index is 561. The van der Waals surface area contributed by atoms with Gasteiger partial charge in [0.25, 0.3) is 5.91 Å². The van der Waals surface area contributed by atoms with Crippen LogP contribution in [0, 0.1) is 0 Å². The third kappa shape index (κ3) is 2.53. The van der Waals surface area contributed by atoms with E-state index in [-0.39, 0.29) is 5.91 Å². The number of amides is 1. The van der Waals surface area contributed by atoms with Crippen molar-refractivity contribution in [3.05, 3.63) is 34.7 Å². The molecule has 3 nitrogen and oxygen atoms in total. The van der Waals surface area contributed by atoms with E-state index in [0.29, 0.717) is 15.3 Å². The van der Waals surface area contributed by atoms with Gasteiger partial charge in [0.05, 0.1) is 12.0 Å². The van der Waals surface area contributed by atoms with E-state index < -0.39 is 0 Å². The Morgan fingerprint density at radius 2 is 2.05 bits per heavy atom. The number of ether oxygens (including phenoxy) is 1. The molecule has 1 amide bonds. The lowest BCUT2D eigenvalue weighted by Crippen LogP contribution is -2.30. The fourth-order valence-corrected chi connectivity index (χ4v) is 3.38. The first-order valence-electron chi connectivity index (χ1n) is 6.10. The Morgan fingerprint density at radius 1 is 1.37 bits per heavy atom. The van der Waals surface area contributed by atoms with Crippen LogP contribution in [0.2, 0.25) is 0 Å². The fourth-order valence-electron chi connectivity index (χ4n) is 1.98. The summed E-state index contributed by atoms with van der Waals surface area (Å²) < 4.78 is 5.80. The zero-order valence-electron chi connectivity index (χ0n) is 10.5. The van der Waals surface area contributed by atoms with E-state index >= 15 is 0 Å². The van der Waals surface area contributed by atoms with Gasteiger partial charge in [-0.2, -0.15) is 0 Å². The lowest BCUT2D eigenvalue weighted by Gasteiger charge is -2.11. The summed E-state index contributed by atoms with van der Waals surface area (Å²) in [5.41, 5.74) is 0.983. The lowest BCUT2D eigenvalue weighted by atomic mass is 10.2. The highest BCUT2D eigenvalue weighted by molar-refractivity contribution is 8.26. The van der Waals surface area contributed by atoms with Crippen molar-refractivity contribution in [2.24, 2.45) is 0 Å². The molecule has 0 bridgehead atoms. The number of hydrogen-bond acceptors (Lipinski definition) is 4. The largest absolute Gasteiger partial charge is 0.497 e. The second-order valence-electron chi connectivity index (χ2n) is 4.56. The first-order chi connectivity index (χ1) is 9.19. The second kappa shape index (κ2) is 4.98. The molecule has 0 atom stereocenters. The molecule has 5 heteroatoms. The number of hydrogen-bond donors (Lipinski definition) is 0. The minimum atomic E-state index is 0.0494. The van der Waals surface area contributed by atoms with Gasteiger partial charge in [-0.05, 0) is 36.6 Å². The van der Waals surface area contributed by atoms with E-state index in [1.807, 2.05) is 30.3 Å². The van der Waals surface area contributed by atoms with Crippen LogP contribution in [-0.2, 0) is 4.79 Å². The van der Waals surface area contributed by atoms with Gasteiger partial charge in [-0.1, -0.05) is 36.1 Å². The molecule has 19 heavy (non-hydrogen) atoms. The number of nitrogens with zero attached hydrogens (tertiary/aromatic N) is 1. The Balaban J connectivity index is 1.83. The normalized spacial score (nSPS) is 21.3. The van der Waals surface area contributed by atoms with Crippen LogP contribution >= 0.6 is 24.0 Å². The Hall–Kier alpha value is -1.33. The molecule has 0 unspecified atom stereocenters. The van der Waals surface area contributed by atoms with Crippen LogP contribution in [0.5, 0.6) is 5.75 Å². The van der Waals surface area contributed by atoms with Crippen LogP contribution in [0.3, 0.4) is 0 Å². The predicted octanol–water partition coefficient (Wildman–Crippen LogP) is 3.06. The molecule has 1 aliphatic heterocycles. The summed E-state index contributed by atoms with van der Waals surface area (Å²) in [5.74, 6) is 0.857. The zero-order valence-corrected chi connectivity index (χ0v) is 12.1. The van der Waals surface area contributed by atoms with Crippen molar-refractivity contribution < 1.29 is 9.53 Å². The monoisotopic (exact) mass is 291 g/mol. The molecule has 0 spiro atoms. The van der Waals surface area contributed by atoms with Crippen molar-refractivity contribution in [3.8, 4) is 5.75 Å². The molecule has 3 rings (SSSR count). The summed E-state index contributed by atoms with van der Waals surface area (Å²) in [6, 6.07) is 7.97. The van der Waals surface area contributed by atoms with Gasteiger partial charge in [-0.25, -0.2) is 0 Å². The maximum absolute atomic E-state index is 12.2. The summed E-state index contributed by atoms with van der Waals surface area (Å²) in [4.78, 5) is 14.7. The van der Waals surface area contributed by atoms with Gasteiger partial charge in [-0.15, -0.1) is 0 Å². The van der Waals surface area contributed by atoms with Crippen molar-refractivity contribution in [2.75, 3.05) is 7.11 Å². The quantitative estimate of drug-likeness (QED) is 0.632. The summed E-state index contributed by atoms with van der Waals surface area (Å²) >= 11 is 6.67. The average molecular weight is 291 g/mol. The molecular formula is C14H13NO2S2. The maximum Gasteiger partial charge on any atom is 0.266 e. The molecule has 1 aromatic carbocycles. The van der Waals surface area contributed by atoms with E-state index in [4.69, 9.17) is 17.0 Å². The van der Waals surface area contributed by atoms with Crippen LogP contribution in [0.4, 0.5) is 0 Å². The standard InChI is InChI=1S/C14H13NO2S2/c1-17-11-6-2-9(3-7-11)8-12-13(16)15(10-4-5-10)14(18)19-12/h2-3,6-8,10H,4-5H2,1H3. The van der Waals surface area contributed by atoms with E-state index in [1.54, 1.807) is 12.0 Å². The highest BCUT2D eigenvalue weighted by atomic mass is 32.2. The van der Waals surface area contributed by atoms with Crippen LogP contribution in [0.15, 0.2) is 29.2 Å². The molecule has 1 heterocycles. The molecule has 0 N–H and O–H groups in total. The van der Waals surface area contributed by atoms with Gasteiger partial charge >= 0.3 is 0 Å². The Morgan fingerprint density at radius 3 is 2.63 bits per heavy atom.